The monoisotopic (exact) mass is 400 g/mol. The summed E-state index contributed by atoms with van der Waals surface area (Å²) in [6.45, 7) is 0.117. The van der Waals surface area contributed by atoms with Crippen LogP contribution in [-0.4, -0.2) is 10.9 Å². The molecule has 0 spiro atoms. The first kappa shape index (κ1) is 17.6. The molecule has 27 heavy (non-hydrogen) atoms. The lowest BCUT2D eigenvalue weighted by Gasteiger charge is -2.23. The van der Waals surface area contributed by atoms with E-state index in [0.717, 1.165) is 10.6 Å². The first-order valence-electron chi connectivity index (χ1n) is 8.10. The van der Waals surface area contributed by atoms with Gasteiger partial charge in [-0.25, -0.2) is 9.38 Å². The maximum absolute atomic E-state index is 13.7. The fourth-order valence-corrected chi connectivity index (χ4v) is 3.35. The number of guanidine groups is 1. The van der Waals surface area contributed by atoms with E-state index < -0.39 is 0 Å². The molecule has 0 unspecified atom stereocenters. The smallest absolute Gasteiger partial charge is 0.206 e. The summed E-state index contributed by atoms with van der Waals surface area (Å²) in [5, 5.41) is 3.72. The van der Waals surface area contributed by atoms with Gasteiger partial charge in [0.1, 0.15) is 11.6 Å². The molecule has 0 bridgehead atoms. The summed E-state index contributed by atoms with van der Waals surface area (Å²) in [4.78, 5) is 9.32. The number of hydrogen-bond donors (Lipinski definition) is 2. The minimum atomic E-state index is -0.381. The molecule has 8 heteroatoms. The lowest BCUT2D eigenvalue weighted by atomic mass is 10.2. The third-order valence-corrected chi connectivity index (χ3v) is 4.94. The van der Waals surface area contributed by atoms with Crippen molar-refractivity contribution >= 4 is 35.2 Å². The second kappa shape index (κ2) is 7.85. The van der Waals surface area contributed by atoms with Gasteiger partial charge in [-0.1, -0.05) is 29.8 Å². The summed E-state index contributed by atoms with van der Waals surface area (Å²) in [7, 11) is 0. The molecule has 0 fully saturated rings. The number of aromatic nitrogens is 1. The molecule has 2 heterocycles. The van der Waals surface area contributed by atoms with E-state index in [1.54, 1.807) is 24.4 Å². The summed E-state index contributed by atoms with van der Waals surface area (Å²) < 4.78 is 22.8. The summed E-state index contributed by atoms with van der Waals surface area (Å²) >= 11 is 7.58. The molecule has 4 rings (SSSR count). The molecule has 1 aliphatic rings. The Kier molecular flexibility index (Phi) is 5.13. The maximum atomic E-state index is 13.7. The van der Waals surface area contributed by atoms with Crippen LogP contribution in [0.1, 0.15) is 5.69 Å². The topological polar surface area (TPSA) is 58.5 Å². The Balaban J connectivity index is 1.57. The number of ether oxygens (including phenoxy) is 1. The molecule has 1 aromatic heterocycles. The van der Waals surface area contributed by atoms with Crippen LogP contribution in [0.5, 0.6) is 11.5 Å². The van der Waals surface area contributed by atoms with Gasteiger partial charge in [0.25, 0.3) is 0 Å². The Bertz CT molecular complexity index is 1010. The number of nitrogens with zero attached hydrogens (tertiary/aromatic N) is 2. The number of nitrogens with one attached hydrogen (secondary N) is 2. The van der Waals surface area contributed by atoms with Gasteiger partial charge in [0.05, 0.1) is 27.8 Å². The van der Waals surface area contributed by atoms with Gasteiger partial charge in [0.15, 0.2) is 5.75 Å². The molecule has 2 aromatic carbocycles. The van der Waals surface area contributed by atoms with Gasteiger partial charge < -0.3 is 10.1 Å². The van der Waals surface area contributed by atoms with Crippen LogP contribution in [0.15, 0.2) is 70.7 Å². The van der Waals surface area contributed by atoms with E-state index in [1.165, 1.54) is 18.0 Å². The molecule has 0 amide bonds. The third kappa shape index (κ3) is 3.99. The first-order chi connectivity index (χ1) is 13.2. The van der Waals surface area contributed by atoms with Crippen LogP contribution in [0.4, 0.5) is 10.1 Å². The van der Waals surface area contributed by atoms with Gasteiger partial charge in [-0.15, -0.1) is 0 Å². The predicted molar refractivity (Wildman–Crippen MR) is 106 cm³/mol. The number of rotatable bonds is 4. The van der Waals surface area contributed by atoms with E-state index in [4.69, 9.17) is 16.3 Å². The Morgan fingerprint density at radius 3 is 2.78 bits per heavy atom. The second-order valence-corrected chi connectivity index (χ2v) is 6.84. The molecule has 2 N–H and O–H groups in total. The van der Waals surface area contributed by atoms with Crippen LogP contribution in [0.2, 0.25) is 5.02 Å². The highest BCUT2D eigenvalue weighted by molar-refractivity contribution is 7.98. The number of pyridine rings is 1. The number of anilines is 1. The molecule has 0 radical (unpaired) electrons. The van der Waals surface area contributed by atoms with Crippen molar-refractivity contribution < 1.29 is 9.13 Å². The second-order valence-electron chi connectivity index (χ2n) is 5.59. The number of fused-ring (bicyclic) bond motifs is 1. The summed E-state index contributed by atoms with van der Waals surface area (Å²) in [5.74, 6) is 1.29. The van der Waals surface area contributed by atoms with Gasteiger partial charge in [0.2, 0.25) is 5.96 Å². The standard InChI is InChI=1S/C19H14ClFN4OS/c20-12-5-1-2-7-15(12)26-16-8-3-9-17-18(16)24-19(25-27-17)23-11-14-13(21)6-4-10-22-14/h1-10H,11H2,(H2,23,24,25). The average molecular weight is 401 g/mol. The number of halogens is 2. The average Bonchev–Trinajstić information content (AvgIpc) is 2.69. The molecule has 0 atom stereocenters. The molecular formula is C19H14ClFN4OS. The molecule has 3 aromatic rings. The lowest BCUT2D eigenvalue weighted by molar-refractivity contribution is 0.484. The maximum Gasteiger partial charge on any atom is 0.206 e. The van der Waals surface area contributed by atoms with E-state index in [0.29, 0.717) is 22.5 Å². The van der Waals surface area contributed by atoms with Gasteiger partial charge in [-0.2, -0.15) is 0 Å². The van der Waals surface area contributed by atoms with Crippen molar-refractivity contribution in [2.45, 2.75) is 11.4 Å². The normalized spacial score (nSPS) is 14.2. The number of para-hydroxylation sites is 2. The Morgan fingerprint density at radius 2 is 1.93 bits per heavy atom. The zero-order valence-corrected chi connectivity index (χ0v) is 15.5. The molecule has 0 saturated heterocycles. The van der Waals surface area contributed by atoms with Gasteiger partial charge in [0, 0.05) is 6.20 Å². The Labute approximate surface area is 164 Å². The van der Waals surface area contributed by atoms with Gasteiger partial charge in [-0.3, -0.25) is 9.71 Å². The van der Waals surface area contributed by atoms with Crippen molar-refractivity contribution in [3.8, 4) is 11.5 Å². The van der Waals surface area contributed by atoms with Gasteiger partial charge in [-0.05, 0) is 48.3 Å². The fourth-order valence-electron chi connectivity index (χ4n) is 2.46. The fraction of sp³-hybridized carbons (Fsp3) is 0.0526. The van der Waals surface area contributed by atoms with Crippen LogP contribution in [0, 0.1) is 5.82 Å². The van der Waals surface area contributed by atoms with Crippen molar-refractivity contribution in [3.63, 3.8) is 0 Å². The lowest BCUT2D eigenvalue weighted by Crippen LogP contribution is -2.29. The Hall–Kier alpha value is -2.77. The zero-order valence-electron chi connectivity index (χ0n) is 13.9. The summed E-state index contributed by atoms with van der Waals surface area (Å²) in [6.07, 6.45) is 1.54. The minimum absolute atomic E-state index is 0.117. The van der Waals surface area contributed by atoms with Crippen LogP contribution in [-0.2, 0) is 6.54 Å². The van der Waals surface area contributed by atoms with Crippen LogP contribution in [0.3, 0.4) is 0 Å². The molecular weight excluding hydrogens is 387 g/mol. The van der Waals surface area contributed by atoms with Crippen molar-refractivity contribution in [2.75, 3.05) is 5.32 Å². The van der Waals surface area contributed by atoms with E-state index in [1.807, 2.05) is 30.3 Å². The molecule has 0 saturated carbocycles. The first-order valence-corrected chi connectivity index (χ1v) is 9.29. The van der Waals surface area contributed by atoms with Crippen molar-refractivity contribution in [2.24, 2.45) is 4.99 Å². The SMILES string of the molecule is Fc1cccnc1CN=C1NSc2cccc(Oc3ccccc3Cl)c2N1. The zero-order chi connectivity index (χ0) is 18.6. The van der Waals surface area contributed by atoms with Crippen LogP contribution in [0.25, 0.3) is 0 Å². The van der Waals surface area contributed by atoms with Crippen LogP contribution < -0.4 is 14.8 Å². The van der Waals surface area contributed by atoms with E-state index >= 15 is 0 Å². The largest absolute Gasteiger partial charge is 0.454 e. The highest BCUT2D eigenvalue weighted by Crippen LogP contribution is 2.40. The van der Waals surface area contributed by atoms with E-state index in [-0.39, 0.29) is 18.1 Å². The molecule has 136 valence electrons. The highest BCUT2D eigenvalue weighted by atomic mass is 35.5. The molecule has 0 aliphatic carbocycles. The quantitative estimate of drug-likeness (QED) is 0.586. The Morgan fingerprint density at radius 1 is 1.07 bits per heavy atom. The van der Waals surface area contributed by atoms with Crippen molar-refractivity contribution in [3.05, 3.63) is 77.3 Å². The predicted octanol–water partition coefficient (Wildman–Crippen LogP) is 5.24. The van der Waals surface area contributed by atoms with Crippen LogP contribution >= 0.6 is 23.5 Å². The summed E-state index contributed by atoms with van der Waals surface area (Å²) in [5.41, 5.74) is 1.05. The number of hydrogen-bond acceptors (Lipinski definition) is 4. The number of benzene rings is 2. The van der Waals surface area contributed by atoms with E-state index in [9.17, 15) is 4.39 Å². The molecule has 5 nitrogen and oxygen atoms in total. The summed E-state index contributed by atoms with van der Waals surface area (Å²) in [6, 6.07) is 15.9. The number of aliphatic imine (C=N–C) groups is 1. The van der Waals surface area contributed by atoms with Crippen molar-refractivity contribution in [1.82, 2.24) is 9.71 Å². The third-order valence-electron chi connectivity index (χ3n) is 3.77. The molecule has 1 aliphatic heterocycles. The van der Waals surface area contributed by atoms with Crippen molar-refractivity contribution in [1.29, 1.82) is 0 Å². The highest BCUT2D eigenvalue weighted by Gasteiger charge is 2.19. The minimum Gasteiger partial charge on any atom is -0.454 e. The van der Waals surface area contributed by atoms with E-state index in [2.05, 4.69) is 20.0 Å². The van der Waals surface area contributed by atoms with Gasteiger partial charge >= 0.3 is 0 Å².